The van der Waals surface area contributed by atoms with E-state index in [0.29, 0.717) is 0 Å². The number of hydrogen-bond donors (Lipinski definition) is 1. The van der Waals surface area contributed by atoms with Crippen LogP contribution >= 0.6 is 0 Å². The van der Waals surface area contributed by atoms with Crippen molar-refractivity contribution in [3.63, 3.8) is 0 Å². The first-order valence-electron chi connectivity index (χ1n) is 2.73. The van der Waals surface area contributed by atoms with Gasteiger partial charge in [-0.25, -0.2) is 4.98 Å². The summed E-state index contributed by atoms with van der Waals surface area (Å²) < 4.78 is 1.96. The summed E-state index contributed by atoms with van der Waals surface area (Å²) in [6.45, 7) is 1.03. The molecule has 0 spiro atoms. The second-order valence-corrected chi connectivity index (χ2v) is 1.87. The first kappa shape index (κ1) is 3.95. The molecule has 1 aromatic rings. The number of hydrogen-bond acceptors (Lipinski definition) is 2. The number of fused-ring (bicyclic) bond motifs is 1. The molecule has 0 saturated heterocycles. The molecule has 1 N–H and O–H groups in total. The first-order valence-corrected chi connectivity index (χ1v) is 2.73. The van der Waals surface area contributed by atoms with Crippen molar-refractivity contribution in [3.05, 3.63) is 18.2 Å². The second kappa shape index (κ2) is 1.24. The Bertz CT molecular complexity index is 173. The predicted octanol–water partition coefficient (Wildman–Crippen LogP) is -0.0173. The summed E-state index contributed by atoms with van der Waals surface area (Å²) in [6.07, 6.45) is 4.80. The van der Waals surface area contributed by atoms with Crippen LogP contribution in [-0.4, -0.2) is 16.2 Å². The molecule has 3 nitrogen and oxygen atoms in total. The van der Waals surface area contributed by atoms with Crippen LogP contribution in [0.3, 0.4) is 0 Å². The van der Waals surface area contributed by atoms with Crippen molar-refractivity contribution in [2.24, 2.45) is 0 Å². The maximum atomic E-state index is 4.10. The van der Waals surface area contributed by atoms with Crippen molar-refractivity contribution in [1.29, 1.82) is 0 Å². The first-order chi connectivity index (χ1) is 3.97. The Morgan fingerprint density at radius 2 is 2.75 bits per heavy atom. The number of rotatable bonds is 0. The fraction of sp³-hybridized carbons (Fsp3) is 0.400. The Kier molecular flexibility index (Phi) is 0.614. The molecule has 0 saturated carbocycles. The quantitative estimate of drug-likeness (QED) is 0.507. The summed E-state index contributed by atoms with van der Waals surface area (Å²) in [7, 11) is 0. The minimum Gasteiger partial charge on any atom is -0.324 e. The Morgan fingerprint density at radius 1 is 1.75 bits per heavy atom. The highest BCUT2D eigenvalue weighted by Crippen LogP contribution is 2.00. The summed E-state index contributed by atoms with van der Waals surface area (Å²) in [5, 5.41) is 0. The molecule has 0 amide bonds. The van der Waals surface area contributed by atoms with Gasteiger partial charge in [0, 0.05) is 25.4 Å². The molecule has 1 aliphatic rings. The van der Waals surface area contributed by atoms with Gasteiger partial charge in [-0.3, -0.25) is 4.68 Å². The average Bonchev–Trinajstić information content (AvgIpc) is 2.15. The normalized spacial score (nSPS) is 15.5. The Morgan fingerprint density at radius 3 is 3.62 bits per heavy atom. The second-order valence-electron chi connectivity index (χ2n) is 1.87. The van der Waals surface area contributed by atoms with Gasteiger partial charge in [0.25, 0.3) is 0 Å². The van der Waals surface area contributed by atoms with Crippen LogP contribution in [0.2, 0.25) is 0 Å². The molecular weight excluding hydrogens is 102 g/mol. The van der Waals surface area contributed by atoms with Crippen LogP contribution in [0.5, 0.6) is 0 Å². The molecular formula is C5H7N3. The average molecular weight is 109 g/mol. The maximum absolute atomic E-state index is 4.10. The molecule has 42 valence electrons. The maximum Gasteiger partial charge on any atom is 0.129 e. The lowest BCUT2D eigenvalue weighted by atomic mass is 10.4. The number of aromatic nitrogens is 2. The molecule has 0 atom stereocenters. The zero-order valence-corrected chi connectivity index (χ0v) is 4.46. The van der Waals surface area contributed by atoms with Crippen LogP contribution in [0, 0.1) is 0 Å². The smallest absolute Gasteiger partial charge is 0.129 e. The van der Waals surface area contributed by atoms with Gasteiger partial charge in [0.05, 0.1) is 0 Å². The van der Waals surface area contributed by atoms with Crippen LogP contribution in [-0.2, 0) is 6.42 Å². The molecule has 8 heavy (non-hydrogen) atoms. The molecule has 2 rings (SSSR count). The third kappa shape index (κ3) is 0.358. The van der Waals surface area contributed by atoms with E-state index in [4.69, 9.17) is 0 Å². The van der Waals surface area contributed by atoms with Crippen molar-refractivity contribution in [2.75, 3.05) is 12.0 Å². The Labute approximate surface area is 47.3 Å². The van der Waals surface area contributed by atoms with Gasteiger partial charge in [-0.2, -0.15) is 0 Å². The molecule has 1 aliphatic heterocycles. The van der Waals surface area contributed by atoms with Crippen molar-refractivity contribution >= 4 is 0 Å². The van der Waals surface area contributed by atoms with Gasteiger partial charge >= 0.3 is 0 Å². The van der Waals surface area contributed by atoms with E-state index in [1.54, 1.807) is 0 Å². The fourth-order valence-corrected chi connectivity index (χ4v) is 0.951. The summed E-state index contributed by atoms with van der Waals surface area (Å²) in [6, 6.07) is 0. The van der Waals surface area contributed by atoms with Gasteiger partial charge in [-0.05, 0) is 0 Å². The van der Waals surface area contributed by atoms with Crippen molar-refractivity contribution in [3.8, 4) is 0 Å². The molecule has 0 aliphatic carbocycles. The van der Waals surface area contributed by atoms with Gasteiger partial charge in [-0.1, -0.05) is 0 Å². The van der Waals surface area contributed by atoms with E-state index in [9.17, 15) is 0 Å². The minimum atomic E-state index is 1.03. The van der Waals surface area contributed by atoms with Gasteiger partial charge in [0.1, 0.15) is 5.82 Å². The van der Waals surface area contributed by atoms with E-state index < -0.39 is 0 Å². The van der Waals surface area contributed by atoms with E-state index in [1.807, 2.05) is 17.1 Å². The van der Waals surface area contributed by atoms with Gasteiger partial charge in [0.15, 0.2) is 0 Å². The summed E-state index contributed by atoms with van der Waals surface area (Å²) in [4.78, 5) is 4.10. The van der Waals surface area contributed by atoms with Crippen LogP contribution in [0.4, 0.5) is 0 Å². The lowest BCUT2D eigenvalue weighted by Gasteiger charge is -1.92. The van der Waals surface area contributed by atoms with Gasteiger partial charge in [-0.15, -0.1) is 0 Å². The zero-order valence-electron chi connectivity index (χ0n) is 4.46. The highest BCUT2D eigenvalue weighted by molar-refractivity contribution is 5.02. The zero-order chi connectivity index (χ0) is 5.40. The van der Waals surface area contributed by atoms with Crippen LogP contribution in [0.1, 0.15) is 5.82 Å². The molecule has 1 aromatic heterocycles. The lowest BCUT2D eigenvalue weighted by Crippen LogP contribution is -2.05. The monoisotopic (exact) mass is 109 g/mol. The molecule has 0 aromatic carbocycles. The minimum absolute atomic E-state index is 1.03. The largest absolute Gasteiger partial charge is 0.324 e. The van der Waals surface area contributed by atoms with Crippen LogP contribution in [0.25, 0.3) is 0 Å². The van der Waals surface area contributed by atoms with Crippen LogP contribution in [0.15, 0.2) is 12.4 Å². The number of nitrogens with one attached hydrogen (secondary N) is 1. The lowest BCUT2D eigenvalue weighted by molar-refractivity contribution is 0.936. The van der Waals surface area contributed by atoms with E-state index in [1.165, 1.54) is 0 Å². The molecule has 3 heteroatoms. The van der Waals surface area contributed by atoms with E-state index in [0.717, 1.165) is 18.8 Å². The Balaban J connectivity index is 2.54. The van der Waals surface area contributed by atoms with Gasteiger partial charge in [0.2, 0.25) is 0 Å². The molecule has 0 radical (unpaired) electrons. The standard InChI is InChI=1S/C5H7N3/c1-2-7-8-4-3-6-5(1)8/h3-4,7H,1-2H2. The van der Waals surface area contributed by atoms with E-state index in [-0.39, 0.29) is 0 Å². The summed E-state index contributed by atoms with van der Waals surface area (Å²) in [5.41, 5.74) is 3.13. The predicted molar refractivity (Wildman–Crippen MR) is 30.2 cm³/mol. The summed E-state index contributed by atoms with van der Waals surface area (Å²) in [5.74, 6) is 1.14. The highest BCUT2D eigenvalue weighted by Gasteiger charge is 2.06. The fourth-order valence-electron chi connectivity index (χ4n) is 0.951. The van der Waals surface area contributed by atoms with E-state index >= 15 is 0 Å². The molecule has 2 heterocycles. The van der Waals surface area contributed by atoms with Gasteiger partial charge < -0.3 is 5.43 Å². The third-order valence-corrected chi connectivity index (χ3v) is 1.35. The Hall–Kier alpha value is -0.990. The number of nitrogens with zero attached hydrogens (tertiary/aromatic N) is 2. The summed E-state index contributed by atoms with van der Waals surface area (Å²) >= 11 is 0. The van der Waals surface area contributed by atoms with Crippen molar-refractivity contribution < 1.29 is 0 Å². The topological polar surface area (TPSA) is 29.9 Å². The highest BCUT2D eigenvalue weighted by atomic mass is 15.4. The SMILES string of the molecule is c1cn2c(n1)CCN2. The molecule has 0 fully saturated rings. The van der Waals surface area contributed by atoms with E-state index in [2.05, 4.69) is 10.4 Å². The molecule has 0 bridgehead atoms. The van der Waals surface area contributed by atoms with Crippen molar-refractivity contribution in [2.45, 2.75) is 6.42 Å². The van der Waals surface area contributed by atoms with Crippen molar-refractivity contribution in [1.82, 2.24) is 9.66 Å². The number of imidazole rings is 1. The van der Waals surface area contributed by atoms with Crippen LogP contribution < -0.4 is 5.43 Å². The molecule has 0 unspecified atom stereocenters. The third-order valence-electron chi connectivity index (χ3n) is 1.35.